The molecule has 0 spiro atoms. The van der Waals surface area contributed by atoms with Crippen LogP contribution in [0.2, 0.25) is 0 Å². The molecule has 1 unspecified atom stereocenters. The lowest BCUT2D eigenvalue weighted by molar-refractivity contribution is -0.124. The van der Waals surface area contributed by atoms with E-state index in [0.717, 1.165) is 65.7 Å². The van der Waals surface area contributed by atoms with Crippen LogP contribution in [0, 0.1) is 5.92 Å². The lowest BCUT2D eigenvalue weighted by Crippen LogP contribution is -2.32. The van der Waals surface area contributed by atoms with Crippen LogP contribution in [0.3, 0.4) is 0 Å². The molecule has 4 aromatic heterocycles. The summed E-state index contributed by atoms with van der Waals surface area (Å²) in [7, 11) is 0. The summed E-state index contributed by atoms with van der Waals surface area (Å²) in [4.78, 5) is 39.9. The molecule has 15 heteroatoms. The van der Waals surface area contributed by atoms with Crippen LogP contribution in [0.1, 0.15) is 168 Å². The number of pyridine rings is 1. The highest BCUT2D eigenvalue weighted by molar-refractivity contribution is 9.11. The molecule has 6 heterocycles. The highest BCUT2D eigenvalue weighted by Crippen LogP contribution is 2.51. The Balaban J connectivity index is 0.740. The second-order valence-electron chi connectivity index (χ2n) is 27.1. The second kappa shape index (κ2) is 27.6. The number of aromatic nitrogens is 4. The van der Waals surface area contributed by atoms with Gasteiger partial charge in [0, 0.05) is 12.6 Å². The van der Waals surface area contributed by atoms with E-state index in [1.807, 2.05) is 77.8 Å². The maximum atomic E-state index is 14.9. The van der Waals surface area contributed by atoms with E-state index in [4.69, 9.17) is 19.2 Å². The van der Waals surface area contributed by atoms with Crippen molar-refractivity contribution in [3.8, 4) is 17.2 Å². The van der Waals surface area contributed by atoms with Crippen molar-refractivity contribution < 1.29 is 23.8 Å². The summed E-state index contributed by atoms with van der Waals surface area (Å²) < 4.78 is 22.6. The van der Waals surface area contributed by atoms with Crippen LogP contribution in [0.15, 0.2) is 189 Å². The Hall–Kier alpha value is -7.43. The molecule has 9 aromatic rings. The lowest BCUT2D eigenvalue weighted by atomic mass is 9.64. The smallest absolute Gasteiger partial charge is 0.261 e. The Morgan fingerprint density at radius 2 is 0.957 bits per heavy atom. The molecule has 11 rings (SSSR count). The first-order valence-corrected chi connectivity index (χ1v) is 35.1. The van der Waals surface area contributed by atoms with Crippen LogP contribution >= 0.6 is 54.5 Å². The quantitative estimate of drug-likeness (QED) is 0.0550. The average molecular weight is 1400 g/mol. The standard InChI is InChI=1S/C77H82Br2N6O5S2/c1-12-14-17-50(13-2)45-84-70(64-38-40-66(78)91-64)68-69(72(84)86)71(65-39-41-67(79)92-65)85(73(68)87)47-60-46-83(82-81-60)42-43-88-62-20-16-21-63(44-62)90-49-59-19-15-18-58(80-59)48-89-61-36-34-57(35-37-61)77(54-28-22-51(23-29-54)74(3,4)5,55-30-24-52(25-31-55)75(6,7)8)56-32-26-53(27-33-56)76(9,10)11/h15-16,18-41,44,46,50H,12-14,17,42-43,45,47-49H2,1-11H3. The largest absolute Gasteiger partial charge is 0.492 e. The molecule has 2 aliphatic rings. The molecule has 0 N–H and O–H groups in total. The van der Waals surface area contributed by atoms with E-state index in [-0.39, 0.29) is 47.8 Å². The molecule has 2 amide bonds. The van der Waals surface area contributed by atoms with Crippen LogP contribution in [-0.4, -0.2) is 54.7 Å². The number of unbranched alkanes of at least 4 members (excludes halogenated alkanes) is 1. The number of carbonyl (C=O) groups excluding carboxylic acids is 2. The van der Waals surface area contributed by atoms with Gasteiger partial charge in [-0.25, -0.2) is 4.68 Å². The predicted molar refractivity (Wildman–Crippen MR) is 379 cm³/mol. The Kier molecular flexibility index (Phi) is 19.8. The average Bonchev–Trinajstić information content (AvgIpc) is 1.36. The number of carbonyl (C=O) groups is 2. The fourth-order valence-corrected chi connectivity index (χ4v) is 15.2. The number of nitrogens with zero attached hydrogens (tertiary/aromatic N) is 6. The molecule has 0 saturated heterocycles. The van der Waals surface area contributed by atoms with Gasteiger partial charge in [-0.1, -0.05) is 198 Å². The summed E-state index contributed by atoms with van der Waals surface area (Å²) in [5.74, 6) is 1.97. The van der Waals surface area contributed by atoms with Gasteiger partial charge >= 0.3 is 0 Å². The second-order valence-corrected chi connectivity index (χ2v) is 32.1. The molecule has 5 aromatic carbocycles. The molecular formula is C77H82Br2N6O5S2. The molecule has 92 heavy (non-hydrogen) atoms. The molecule has 1 atom stereocenters. The van der Waals surface area contributed by atoms with Gasteiger partial charge in [0.25, 0.3) is 11.8 Å². The van der Waals surface area contributed by atoms with Crippen molar-refractivity contribution in [3.05, 3.63) is 254 Å². The van der Waals surface area contributed by atoms with Crippen molar-refractivity contribution in [2.75, 3.05) is 13.2 Å². The van der Waals surface area contributed by atoms with E-state index in [1.165, 1.54) is 56.1 Å². The number of benzene rings is 5. The Labute approximate surface area is 567 Å². The maximum Gasteiger partial charge on any atom is 0.261 e. The van der Waals surface area contributed by atoms with Crippen molar-refractivity contribution in [2.45, 2.75) is 150 Å². The monoisotopic (exact) mass is 1390 g/mol. The number of amides is 2. The highest BCUT2D eigenvalue weighted by atomic mass is 79.9. The van der Waals surface area contributed by atoms with E-state index < -0.39 is 5.41 Å². The van der Waals surface area contributed by atoms with E-state index in [2.05, 4.69) is 215 Å². The number of rotatable bonds is 24. The number of halogens is 2. The van der Waals surface area contributed by atoms with Crippen molar-refractivity contribution >= 4 is 77.7 Å². The first-order valence-electron chi connectivity index (χ1n) is 31.9. The third kappa shape index (κ3) is 14.4. The number of fused-ring (bicyclic) bond motifs is 1. The van der Waals surface area contributed by atoms with E-state index in [0.29, 0.717) is 65.3 Å². The molecule has 0 aliphatic carbocycles. The van der Waals surface area contributed by atoms with E-state index in [9.17, 15) is 9.59 Å². The summed E-state index contributed by atoms with van der Waals surface area (Å²) in [6.07, 6.45) is 5.96. The van der Waals surface area contributed by atoms with Crippen LogP contribution in [0.5, 0.6) is 17.2 Å². The summed E-state index contributed by atoms with van der Waals surface area (Å²) in [5.41, 5.74) is 12.3. The fourth-order valence-electron chi connectivity index (χ4n) is 12.4. The molecule has 476 valence electrons. The zero-order valence-corrected chi connectivity index (χ0v) is 59.4. The van der Waals surface area contributed by atoms with E-state index >= 15 is 0 Å². The minimum absolute atomic E-state index is 0.00680. The highest BCUT2D eigenvalue weighted by Gasteiger charge is 2.50. The fraction of sp³-hybridized carbons (Fsp3) is 0.338. The van der Waals surface area contributed by atoms with Crippen LogP contribution in [0.4, 0.5) is 0 Å². The first-order chi connectivity index (χ1) is 44.0. The third-order valence-electron chi connectivity index (χ3n) is 17.6. The van der Waals surface area contributed by atoms with Gasteiger partial charge in [-0.15, -0.1) is 27.8 Å². The van der Waals surface area contributed by atoms with Crippen LogP contribution in [-0.2, 0) is 57.6 Å². The molecule has 11 nitrogen and oxygen atoms in total. The molecule has 0 saturated carbocycles. The minimum Gasteiger partial charge on any atom is -0.492 e. The minimum atomic E-state index is -0.634. The van der Waals surface area contributed by atoms with Gasteiger partial charge in [-0.05, 0) is 160 Å². The zero-order valence-electron chi connectivity index (χ0n) is 54.6. The lowest BCUT2D eigenvalue weighted by Gasteiger charge is -2.38. The number of ether oxygens (including phenoxy) is 3. The summed E-state index contributed by atoms with van der Waals surface area (Å²) in [6, 6.07) is 57.7. The van der Waals surface area contributed by atoms with Gasteiger partial charge in [0.05, 0.1) is 76.0 Å². The third-order valence-corrected chi connectivity index (χ3v) is 20.8. The Morgan fingerprint density at radius 3 is 1.42 bits per heavy atom. The van der Waals surface area contributed by atoms with E-state index in [1.54, 1.807) is 9.58 Å². The molecule has 0 fully saturated rings. The van der Waals surface area contributed by atoms with Crippen molar-refractivity contribution in [2.24, 2.45) is 5.92 Å². The van der Waals surface area contributed by atoms with Gasteiger partial charge < -0.3 is 19.1 Å². The number of hydrogen-bond donors (Lipinski definition) is 0. The molecule has 0 bridgehead atoms. The molecular weight excluding hydrogens is 1310 g/mol. The normalized spacial score (nSPS) is 14.2. The zero-order chi connectivity index (χ0) is 65.1. The first kappa shape index (κ1) is 66.0. The van der Waals surface area contributed by atoms with Gasteiger partial charge in [-0.2, -0.15) is 0 Å². The van der Waals surface area contributed by atoms with Crippen molar-refractivity contribution in [3.63, 3.8) is 0 Å². The summed E-state index contributed by atoms with van der Waals surface area (Å²) >= 11 is 10.3. The maximum absolute atomic E-state index is 14.9. The van der Waals surface area contributed by atoms with Gasteiger partial charge in [0.2, 0.25) is 0 Å². The van der Waals surface area contributed by atoms with Gasteiger partial charge in [-0.3, -0.25) is 19.5 Å². The van der Waals surface area contributed by atoms with Crippen LogP contribution in [0.25, 0.3) is 11.4 Å². The molecule has 2 aliphatic heterocycles. The van der Waals surface area contributed by atoms with Crippen molar-refractivity contribution in [1.29, 1.82) is 0 Å². The van der Waals surface area contributed by atoms with Gasteiger partial charge in [0.1, 0.15) is 42.8 Å². The van der Waals surface area contributed by atoms with Gasteiger partial charge in [0.15, 0.2) is 0 Å². The number of hydrogen-bond acceptors (Lipinski definition) is 10. The van der Waals surface area contributed by atoms with Crippen molar-refractivity contribution in [1.82, 2.24) is 29.8 Å². The predicted octanol–water partition coefficient (Wildman–Crippen LogP) is 19.1. The topological polar surface area (TPSA) is 112 Å². The number of thiophene rings is 2. The molecule has 0 radical (unpaired) electrons. The summed E-state index contributed by atoms with van der Waals surface area (Å²) in [5, 5.41) is 8.94. The Morgan fingerprint density at radius 1 is 0.511 bits per heavy atom. The Bertz CT molecular complexity index is 4010. The van der Waals surface area contributed by atoms with Crippen LogP contribution < -0.4 is 14.2 Å². The summed E-state index contributed by atoms with van der Waals surface area (Å²) in [6.45, 7) is 26.7. The SMILES string of the molecule is CCCCC(CC)CN1C(=O)C2=C(c3ccc(Br)s3)N(Cc3cn(CCOc4cccc(OCc5cccc(COc6ccc(C(c7ccc(C(C)(C)C)cc7)(c7ccc(C(C)(C)C)cc7)c7ccc(C(C)(C)C)cc7)cc6)n5)c4)nn3)C(=O)C2=C1c1ccc(Br)s1.